The largest absolute Gasteiger partial charge is 0.299 e. The number of hydrogen-bond donors (Lipinski definition) is 0. The highest BCUT2D eigenvalue weighted by molar-refractivity contribution is 5.85. The summed E-state index contributed by atoms with van der Waals surface area (Å²) >= 11 is 0. The normalized spacial score (nSPS) is 55.6. The second kappa shape index (κ2) is 6.50. The van der Waals surface area contributed by atoms with Crippen LogP contribution in [0.25, 0.3) is 0 Å². The lowest BCUT2D eigenvalue weighted by Gasteiger charge is -2.72. The Labute approximate surface area is 192 Å². The van der Waals surface area contributed by atoms with Gasteiger partial charge < -0.3 is 0 Å². The molecule has 0 aliphatic heterocycles. The zero-order valence-corrected chi connectivity index (χ0v) is 21.6. The lowest BCUT2D eigenvalue weighted by molar-refractivity contribution is -0.232. The van der Waals surface area contributed by atoms with Crippen LogP contribution in [-0.4, -0.2) is 5.78 Å². The maximum Gasteiger partial charge on any atom is 0.138 e. The first kappa shape index (κ1) is 22.2. The number of rotatable bonds is 1. The van der Waals surface area contributed by atoms with Gasteiger partial charge in [0, 0.05) is 11.8 Å². The summed E-state index contributed by atoms with van der Waals surface area (Å²) in [6.45, 7) is 22.0. The molecule has 0 aromatic carbocycles. The summed E-state index contributed by atoms with van der Waals surface area (Å²) in [7, 11) is 0. The third-order valence-electron chi connectivity index (χ3n) is 13.2. The van der Waals surface area contributed by atoms with Crippen molar-refractivity contribution in [3.8, 4) is 0 Å². The van der Waals surface area contributed by atoms with Crippen molar-refractivity contribution >= 4 is 5.78 Å². The van der Waals surface area contributed by atoms with E-state index in [1.54, 1.807) is 0 Å². The highest BCUT2D eigenvalue weighted by Crippen LogP contribution is 2.77. The summed E-state index contributed by atoms with van der Waals surface area (Å²) in [4.78, 5) is 12.9. The van der Waals surface area contributed by atoms with Crippen LogP contribution in [0.15, 0.2) is 12.2 Å². The molecule has 174 valence electrons. The maximum atomic E-state index is 12.9. The number of carbonyl (C=O) groups excluding carboxylic acids is 1. The lowest BCUT2D eigenvalue weighted by atomic mass is 9.32. The SMILES string of the molecule is C=C(C)[C@@H]1CC[C@@]2(C)CC[C@@]3(C)[C@@H](CC[C@@H]4[C@]5(C)CCC(=O)C(C)(C)[C@@H]5CC[C@]43C)[C@@H]12. The van der Waals surface area contributed by atoms with Crippen LogP contribution < -0.4 is 0 Å². The molecule has 5 saturated carbocycles. The second-order valence-corrected chi connectivity index (χ2v) is 14.5. The molecule has 9 atom stereocenters. The van der Waals surface area contributed by atoms with Gasteiger partial charge in [0.15, 0.2) is 0 Å². The molecule has 0 bridgehead atoms. The van der Waals surface area contributed by atoms with E-state index in [0.29, 0.717) is 33.4 Å². The van der Waals surface area contributed by atoms with E-state index in [2.05, 4.69) is 55.0 Å². The van der Waals surface area contributed by atoms with Gasteiger partial charge in [-0.1, -0.05) is 53.7 Å². The summed E-state index contributed by atoms with van der Waals surface area (Å²) in [6, 6.07) is 0. The first-order valence-electron chi connectivity index (χ1n) is 13.5. The summed E-state index contributed by atoms with van der Waals surface area (Å²) in [5, 5.41) is 0. The highest BCUT2D eigenvalue weighted by Gasteiger charge is 2.70. The number of fused-ring (bicyclic) bond motifs is 7. The van der Waals surface area contributed by atoms with Gasteiger partial charge in [0.2, 0.25) is 0 Å². The van der Waals surface area contributed by atoms with Crippen molar-refractivity contribution in [2.75, 3.05) is 0 Å². The Morgan fingerprint density at radius 1 is 0.806 bits per heavy atom. The predicted octanol–water partition coefficient (Wildman–Crippen LogP) is 8.23. The van der Waals surface area contributed by atoms with E-state index in [4.69, 9.17) is 0 Å². The molecule has 0 N–H and O–H groups in total. The van der Waals surface area contributed by atoms with Gasteiger partial charge in [0.05, 0.1) is 0 Å². The van der Waals surface area contributed by atoms with Crippen LogP contribution in [-0.2, 0) is 4.79 Å². The van der Waals surface area contributed by atoms with Gasteiger partial charge in [-0.3, -0.25) is 4.79 Å². The van der Waals surface area contributed by atoms with E-state index in [0.717, 1.165) is 36.5 Å². The third-order valence-corrected chi connectivity index (χ3v) is 13.2. The molecule has 1 nitrogen and oxygen atoms in total. The number of Topliss-reactive ketones (excluding diaryl/α,β-unsaturated/α-hetero) is 1. The molecular formula is C30H48O. The van der Waals surface area contributed by atoms with E-state index in [1.165, 1.54) is 56.9 Å². The maximum absolute atomic E-state index is 12.9. The molecule has 0 aromatic rings. The monoisotopic (exact) mass is 424 g/mol. The molecule has 5 aliphatic rings. The Morgan fingerprint density at radius 2 is 1.52 bits per heavy atom. The molecule has 0 saturated heterocycles. The van der Waals surface area contributed by atoms with E-state index in [-0.39, 0.29) is 5.41 Å². The van der Waals surface area contributed by atoms with E-state index in [1.807, 2.05) is 0 Å². The average molecular weight is 425 g/mol. The summed E-state index contributed by atoms with van der Waals surface area (Å²) in [5.41, 5.74) is 3.06. The molecule has 5 rings (SSSR count). The molecule has 0 radical (unpaired) electrons. The fraction of sp³-hybridized carbons (Fsp3) is 0.900. The van der Waals surface area contributed by atoms with Gasteiger partial charge in [-0.05, 0) is 116 Å². The van der Waals surface area contributed by atoms with Crippen LogP contribution in [0.3, 0.4) is 0 Å². The minimum Gasteiger partial charge on any atom is -0.299 e. The Bertz CT molecular complexity index is 807. The Morgan fingerprint density at radius 3 is 2.19 bits per heavy atom. The van der Waals surface area contributed by atoms with Crippen molar-refractivity contribution in [2.24, 2.45) is 56.7 Å². The molecule has 0 spiro atoms. The van der Waals surface area contributed by atoms with E-state index in [9.17, 15) is 4.79 Å². The minimum atomic E-state index is -0.131. The molecule has 5 fully saturated rings. The summed E-state index contributed by atoms with van der Waals surface area (Å²) in [6.07, 6.45) is 13.0. The molecule has 0 aromatic heterocycles. The molecule has 0 unspecified atom stereocenters. The van der Waals surface area contributed by atoms with Crippen molar-refractivity contribution < 1.29 is 4.79 Å². The zero-order chi connectivity index (χ0) is 22.6. The van der Waals surface area contributed by atoms with Crippen LogP contribution in [0.5, 0.6) is 0 Å². The molecule has 5 aliphatic carbocycles. The smallest absolute Gasteiger partial charge is 0.138 e. The standard InChI is InChI=1S/C30H48O/c1-19(2)20-11-14-27(5)17-18-29(7)21(25(20)27)9-10-23-28(6)15-13-24(31)26(3,4)22(28)12-16-30(23,29)8/h20-23,25H,1,9-18H2,2-8H3/t20-,21-,22-,23+,25+,27-,28+,29-,30+/m0/s1. The lowest BCUT2D eigenvalue weighted by Crippen LogP contribution is -2.66. The van der Waals surface area contributed by atoms with Crippen molar-refractivity contribution in [3.05, 3.63) is 12.2 Å². The van der Waals surface area contributed by atoms with Crippen molar-refractivity contribution in [3.63, 3.8) is 0 Å². The first-order chi connectivity index (χ1) is 14.3. The third kappa shape index (κ3) is 2.59. The van der Waals surface area contributed by atoms with Crippen LogP contribution in [0.2, 0.25) is 0 Å². The van der Waals surface area contributed by atoms with Crippen molar-refractivity contribution in [2.45, 2.75) is 113 Å². The average Bonchev–Trinajstić information content (AvgIpc) is 3.04. The van der Waals surface area contributed by atoms with Crippen LogP contribution >= 0.6 is 0 Å². The fourth-order valence-electron chi connectivity index (χ4n) is 11.3. The number of allylic oxidation sites excluding steroid dienone is 1. The van der Waals surface area contributed by atoms with Gasteiger partial charge in [-0.15, -0.1) is 0 Å². The Balaban J connectivity index is 1.55. The molecule has 31 heavy (non-hydrogen) atoms. The Kier molecular flexibility index (Phi) is 4.66. The molecule has 1 heteroatoms. The van der Waals surface area contributed by atoms with Crippen molar-refractivity contribution in [1.82, 2.24) is 0 Å². The van der Waals surface area contributed by atoms with Gasteiger partial charge in [-0.2, -0.15) is 0 Å². The Hall–Kier alpha value is -0.590. The predicted molar refractivity (Wildman–Crippen MR) is 130 cm³/mol. The van der Waals surface area contributed by atoms with Gasteiger partial charge in [-0.25, -0.2) is 0 Å². The summed E-state index contributed by atoms with van der Waals surface area (Å²) < 4.78 is 0. The summed E-state index contributed by atoms with van der Waals surface area (Å²) in [5.74, 6) is 4.33. The van der Waals surface area contributed by atoms with Crippen LogP contribution in [0.1, 0.15) is 113 Å². The highest BCUT2D eigenvalue weighted by atomic mass is 16.1. The van der Waals surface area contributed by atoms with Crippen LogP contribution in [0, 0.1) is 56.7 Å². The quantitative estimate of drug-likeness (QED) is 0.387. The van der Waals surface area contributed by atoms with Gasteiger partial charge in [0.1, 0.15) is 5.78 Å². The second-order valence-electron chi connectivity index (χ2n) is 14.5. The minimum absolute atomic E-state index is 0.131. The molecule has 0 heterocycles. The first-order valence-corrected chi connectivity index (χ1v) is 13.5. The fourth-order valence-corrected chi connectivity index (χ4v) is 11.3. The van der Waals surface area contributed by atoms with E-state index < -0.39 is 0 Å². The van der Waals surface area contributed by atoms with Crippen molar-refractivity contribution in [1.29, 1.82) is 0 Å². The topological polar surface area (TPSA) is 17.1 Å². The molecular weight excluding hydrogens is 376 g/mol. The number of ketones is 1. The zero-order valence-electron chi connectivity index (χ0n) is 21.6. The molecule has 0 amide bonds. The number of hydrogen-bond acceptors (Lipinski definition) is 1. The number of carbonyl (C=O) groups is 1. The van der Waals surface area contributed by atoms with Gasteiger partial charge >= 0.3 is 0 Å². The van der Waals surface area contributed by atoms with Crippen LogP contribution in [0.4, 0.5) is 0 Å². The van der Waals surface area contributed by atoms with E-state index >= 15 is 0 Å². The van der Waals surface area contributed by atoms with Gasteiger partial charge in [0.25, 0.3) is 0 Å².